The van der Waals surface area contributed by atoms with Crippen LogP contribution in [0.5, 0.6) is 0 Å². The van der Waals surface area contributed by atoms with Gasteiger partial charge in [0.25, 0.3) is 0 Å². The molecule has 0 aromatic heterocycles. The van der Waals surface area contributed by atoms with E-state index in [2.05, 4.69) is 24.4 Å². The normalized spacial score (nSPS) is 23.3. The zero-order chi connectivity index (χ0) is 13.7. The van der Waals surface area contributed by atoms with E-state index in [-0.39, 0.29) is 6.04 Å². The molecule has 0 bridgehead atoms. The number of carbonyl (C=O) groups is 1. The van der Waals surface area contributed by atoms with E-state index in [9.17, 15) is 4.79 Å². The lowest BCUT2D eigenvalue weighted by Crippen LogP contribution is -2.50. The molecule has 1 amide bonds. The molecule has 1 heterocycles. The first-order valence-corrected chi connectivity index (χ1v) is 6.97. The molecule has 0 radical (unpaired) electrons. The fraction of sp³-hybridized carbons (Fsp3) is 0.533. The Bertz CT molecular complexity index is 408. The first kappa shape index (κ1) is 13.9. The lowest BCUT2D eigenvalue weighted by molar-refractivity contribution is 0.0946. The second-order valence-electron chi connectivity index (χ2n) is 5.13. The fourth-order valence-electron chi connectivity index (χ4n) is 2.73. The van der Waals surface area contributed by atoms with Gasteiger partial charge in [-0.1, -0.05) is 37.3 Å². The number of carboxylic acid groups (broad SMARTS) is 1. The van der Waals surface area contributed by atoms with Crippen LogP contribution in [0.25, 0.3) is 0 Å². The molecule has 1 saturated heterocycles. The minimum atomic E-state index is -0.784. The zero-order valence-corrected chi connectivity index (χ0v) is 11.4. The molecule has 1 aromatic rings. The average molecular weight is 262 g/mol. The van der Waals surface area contributed by atoms with Crippen molar-refractivity contribution in [2.75, 3.05) is 6.54 Å². The Kier molecular flexibility index (Phi) is 4.80. The van der Waals surface area contributed by atoms with Crippen LogP contribution in [0.15, 0.2) is 30.3 Å². The van der Waals surface area contributed by atoms with Crippen LogP contribution in [-0.4, -0.2) is 34.7 Å². The van der Waals surface area contributed by atoms with E-state index in [1.54, 1.807) is 4.90 Å². The van der Waals surface area contributed by atoms with Crippen molar-refractivity contribution in [2.45, 2.75) is 44.8 Å². The quantitative estimate of drug-likeness (QED) is 0.877. The molecule has 2 N–H and O–H groups in total. The molecular weight excluding hydrogens is 240 g/mol. The first-order chi connectivity index (χ1) is 9.20. The second-order valence-corrected chi connectivity index (χ2v) is 5.13. The van der Waals surface area contributed by atoms with Crippen molar-refractivity contribution in [1.29, 1.82) is 0 Å². The molecule has 104 valence electrons. The summed E-state index contributed by atoms with van der Waals surface area (Å²) in [5.41, 5.74) is 1.27. The summed E-state index contributed by atoms with van der Waals surface area (Å²) >= 11 is 0. The Hall–Kier alpha value is -1.55. The van der Waals surface area contributed by atoms with Gasteiger partial charge in [0.15, 0.2) is 0 Å². The van der Waals surface area contributed by atoms with Gasteiger partial charge in [0, 0.05) is 25.2 Å². The molecule has 1 aromatic carbocycles. The summed E-state index contributed by atoms with van der Waals surface area (Å²) in [4.78, 5) is 12.7. The van der Waals surface area contributed by atoms with Crippen LogP contribution in [0, 0.1) is 0 Å². The lowest BCUT2D eigenvalue weighted by Gasteiger charge is -2.37. The van der Waals surface area contributed by atoms with Gasteiger partial charge in [0.2, 0.25) is 0 Å². The van der Waals surface area contributed by atoms with Crippen LogP contribution in [0.4, 0.5) is 4.79 Å². The summed E-state index contributed by atoms with van der Waals surface area (Å²) < 4.78 is 0. The second kappa shape index (κ2) is 6.57. The number of hydrogen-bond donors (Lipinski definition) is 2. The largest absolute Gasteiger partial charge is 0.465 e. The third-order valence-electron chi connectivity index (χ3n) is 3.87. The van der Waals surface area contributed by atoms with Gasteiger partial charge in [-0.2, -0.15) is 0 Å². The highest BCUT2D eigenvalue weighted by molar-refractivity contribution is 5.65. The first-order valence-electron chi connectivity index (χ1n) is 6.97. The monoisotopic (exact) mass is 262 g/mol. The van der Waals surface area contributed by atoms with Crippen molar-refractivity contribution in [3.8, 4) is 0 Å². The third-order valence-corrected chi connectivity index (χ3v) is 3.87. The van der Waals surface area contributed by atoms with E-state index < -0.39 is 6.09 Å². The summed E-state index contributed by atoms with van der Waals surface area (Å²) in [5.74, 6) is 0. The van der Waals surface area contributed by atoms with Crippen molar-refractivity contribution in [1.82, 2.24) is 10.2 Å². The molecule has 0 aliphatic carbocycles. The van der Waals surface area contributed by atoms with Crippen molar-refractivity contribution >= 4 is 6.09 Å². The smallest absolute Gasteiger partial charge is 0.407 e. The highest BCUT2D eigenvalue weighted by Crippen LogP contribution is 2.20. The SMILES string of the molecule is CCC1CC(NCc2ccccc2)CCN1C(=O)O. The molecule has 4 nitrogen and oxygen atoms in total. The maximum Gasteiger partial charge on any atom is 0.407 e. The number of nitrogens with zero attached hydrogens (tertiary/aromatic N) is 1. The third kappa shape index (κ3) is 3.70. The predicted molar refractivity (Wildman–Crippen MR) is 75.1 cm³/mol. The summed E-state index contributed by atoms with van der Waals surface area (Å²) in [6.07, 6.45) is 1.91. The molecule has 1 fully saturated rings. The Balaban J connectivity index is 1.85. The summed E-state index contributed by atoms with van der Waals surface area (Å²) in [5, 5.41) is 12.7. The number of likely N-dealkylation sites (tertiary alicyclic amines) is 1. The van der Waals surface area contributed by atoms with Crippen LogP contribution in [0.3, 0.4) is 0 Å². The molecule has 4 heteroatoms. The lowest BCUT2D eigenvalue weighted by atomic mass is 9.95. The van der Waals surface area contributed by atoms with Crippen LogP contribution in [0.2, 0.25) is 0 Å². The van der Waals surface area contributed by atoms with Gasteiger partial charge < -0.3 is 15.3 Å². The fourth-order valence-corrected chi connectivity index (χ4v) is 2.73. The highest BCUT2D eigenvalue weighted by atomic mass is 16.4. The van der Waals surface area contributed by atoms with Crippen LogP contribution in [-0.2, 0) is 6.54 Å². The number of nitrogens with one attached hydrogen (secondary N) is 1. The zero-order valence-electron chi connectivity index (χ0n) is 11.4. The molecule has 0 spiro atoms. The molecule has 2 rings (SSSR count). The van der Waals surface area contributed by atoms with E-state index in [0.29, 0.717) is 12.6 Å². The number of amides is 1. The summed E-state index contributed by atoms with van der Waals surface area (Å²) in [6.45, 7) is 3.55. The number of rotatable bonds is 4. The molecule has 19 heavy (non-hydrogen) atoms. The van der Waals surface area contributed by atoms with E-state index in [1.165, 1.54) is 5.56 Å². The Labute approximate surface area is 114 Å². The van der Waals surface area contributed by atoms with Crippen molar-refractivity contribution in [3.63, 3.8) is 0 Å². The van der Waals surface area contributed by atoms with Crippen molar-refractivity contribution in [2.24, 2.45) is 0 Å². The molecule has 2 unspecified atom stereocenters. The Morgan fingerprint density at radius 2 is 2.16 bits per heavy atom. The van der Waals surface area contributed by atoms with Crippen molar-refractivity contribution < 1.29 is 9.90 Å². The molecular formula is C15H22N2O2. The summed E-state index contributed by atoms with van der Waals surface area (Å²) in [7, 11) is 0. The minimum Gasteiger partial charge on any atom is -0.465 e. The van der Waals surface area contributed by atoms with E-state index in [0.717, 1.165) is 25.8 Å². The standard InChI is InChI=1S/C15H22N2O2/c1-2-14-10-13(8-9-17(14)15(18)19)16-11-12-6-4-3-5-7-12/h3-7,13-14,16H,2,8-11H2,1H3,(H,18,19). The van der Waals surface area contributed by atoms with Gasteiger partial charge in [0.05, 0.1) is 0 Å². The van der Waals surface area contributed by atoms with Gasteiger partial charge in [-0.05, 0) is 24.8 Å². The maximum atomic E-state index is 11.1. The van der Waals surface area contributed by atoms with Gasteiger partial charge in [-0.25, -0.2) is 4.79 Å². The molecule has 2 atom stereocenters. The number of benzene rings is 1. The molecule has 1 aliphatic heterocycles. The predicted octanol–water partition coefficient (Wildman–Crippen LogP) is 2.70. The summed E-state index contributed by atoms with van der Waals surface area (Å²) in [6, 6.07) is 10.9. The Morgan fingerprint density at radius 1 is 1.42 bits per heavy atom. The molecule has 1 aliphatic rings. The van der Waals surface area contributed by atoms with E-state index in [4.69, 9.17) is 5.11 Å². The van der Waals surface area contributed by atoms with Crippen LogP contribution in [0.1, 0.15) is 31.7 Å². The van der Waals surface area contributed by atoms with Crippen LogP contribution < -0.4 is 5.32 Å². The maximum absolute atomic E-state index is 11.1. The Morgan fingerprint density at radius 3 is 2.79 bits per heavy atom. The van der Waals surface area contributed by atoms with Gasteiger partial charge in [0.1, 0.15) is 0 Å². The van der Waals surface area contributed by atoms with Gasteiger partial charge >= 0.3 is 6.09 Å². The average Bonchev–Trinajstić information content (AvgIpc) is 2.45. The molecule has 0 saturated carbocycles. The van der Waals surface area contributed by atoms with E-state index >= 15 is 0 Å². The topological polar surface area (TPSA) is 52.6 Å². The number of piperidine rings is 1. The van der Waals surface area contributed by atoms with Gasteiger partial charge in [-0.3, -0.25) is 0 Å². The number of hydrogen-bond acceptors (Lipinski definition) is 2. The minimum absolute atomic E-state index is 0.152. The van der Waals surface area contributed by atoms with E-state index in [1.807, 2.05) is 18.2 Å². The highest BCUT2D eigenvalue weighted by Gasteiger charge is 2.29. The van der Waals surface area contributed by atoms with Crippen molar-refractivity contribution in [3.05, 3.63) is 35.9 Å². The van der Waals surface area contributed by atoms with Gasteiger partial charge in [-0.15, -0.1) is 0 Å². The van der Waals surface area contributed by atoms with Crippen LogP contribution >= 0.6 is 0 Å².